The van der Waals surface area contributed by atoms with Gasteiger partial charge in [0.15, 0.2) is 0 Å². The van der Waals surface area contributed by atoms with Crippen molar-refractivity contribution in [3.05, 3.63) is 69.8 Å². The summed E-state index contributed by atoms with van der Waals surface area (Å²) in [4.78, 5) is 16.3. The van der Waals surface area contributed by atoms with E-state index in [0.29, 0.717) is 32.9 Å². The highest BCUT2D eigenvalue weighted by atomic mass is 35.5. The van der Waals surface area contributed by atoms with Gasteiger partial charge >= 0.3 is 0 Å². The average molecular weight is 375 g/mol. The van der Waals surface area contributed by atoms with Crippen LogP contribution < -0.4 is 5.32 Å². The second kappa shape index (κ2) is 7.30. The number of pyridine rings is 1. The molecule has 0 bridgehead atoms. The number of phenolic OH excluding ortho intramolecular Hbond substituents is 1. The predicted octanol–water partition coefficient (Wildman–Crippen LogP) is 4.86. The number of rotatable bonds is 4. The number of carbonyl (C=O) groups excluding carboxylic acids is 1. The molecule has 0 spiro atoms. The lowest BCUT2D eigenvalue weighted by molar-refractivity contribution is -0.121. The number of nitrogens with one attached hydrogen (secondary N) is 1. The number of amides is 1. The number of phenols is 1. The van der Waals surface area contributed by atoms with Crippen molar-refractivity contribution in [2.75, 3.05) is 0 Å². The van der Waals surface area contributed by atoms with E-state index >= 15 is 0 Å². The van der Waals surface area contributed by atoms with E-state index in [-0.39, 0.29) is 11.7 Å². The lowest BCUT2D eigenvalue weighted by atomic mass is 9.96. The zero-order chi connectivity index (χ0) is 18.0. The number of aromatic hydroxyl groups is 1. The Morgan fingerprint density at radius 3 is 2.64 bits per heavy atom. The van der Waals surface area contributed by atoms with E-state index in [1.54, 1.807) is 55.6 Å². The van der Waals surface area contributed by atoms with E-state index < -0.39 is 6.04 Å². The third-order valence-electron chi connectivity index (χ3n) is 3.99. The molecule has 4 nitrogen and oxygen atoms in total. The molecule has 0 aliphatic heterocycles. The van der Waals surface area contributed by atoms with Crippen LogP contribution in [0.4, 0.5) is 0 Å². The first-order valence-corrected chi connectivity index (χ1v) is 8.57. The standard InChI is InChI=1S/C19H16Cl2N2O2/c1-2-16(24)23-17(11-5-7-12(20)8-6-11)14-10-15(21)13-4-3-9-22-18(13)19(14)25/h3-10,17,25H,2H2,1H3,(H,23,24)/t17-/m0/s1. The first-order chi connectivity index (χ1) is 12.0. The highest BCUT2D eigenvalue weighted by molar-refractivity contribution is 6.35. The van der Waals surface area contributed by atoms with Gasteiger partial charge in [0.1, 0.15) is 11.3 Å². The number of halogens is 2. The monoisotopic (exact) mass is 374 g/mol. The van der Waals surface area contributed by atoms with Crippen molar-refractivity contribution < 1.29 is 9.90 Å². The van der Waals surface area contributed by atoms with Crippen molar-refractivity contribution in [3.63, 3.8) is 0 Å². The summed E-state index contributed by atoms with van der Waals surface area (Å²) in [5.41, 5.74) is 1.67. The number of hydrogen-bond acceptors (Lipinski definition) is 3. The Balaban J connectivity index is 2.18. The summed E-state index contributed by atoms with van der Waals surface area (Å²) in [5.74, 6) is -0.145. The number of nitrogens with zero attached hydrogens (tertiary/aromatic N) is 1. The minimum absolute atomic E-state index is 0.00338. The minimum Gasteiger partial charge on any atom is -0.505 e. The van der Waals surface area contributed by atoms with Crippen molar-refractivity contribution in [3.8, 4) is 5.75 Å². The van der Waals surface area contributed by atoms with Gasteiger partial charge in [-0.15, -0.1) is 0 Å². The van der Waals surface area contributed by atoms with Gasteiger partial charge < -0.3 is 10.4 Å². The molecule has 3 rings (SSSR count). The molecule has 6 heteroatoms. The molecular formula is C19H16Cl2N2O2. The Labute approximate surface area is 155 Å². The van der Waals surface area contributed by atoms with Crippen LogP contribution in [-0.4, -0.2) is 16.0 Å². The van der Waals surface area contributed by atoms with Gasteiger partial charge in [-0.3, -0.25) is 9.78 Å². The number of hydrogen-bond donors (Lipinski definition) is 2. The van der Waals surface area contributed by atoms with E-state index in [1.807, 2.05) is 0 Å². The van der Waals surface area contributed by atoms with E-state index in [4.69, 9.17) is 23.2 Å². The van der Waals surface area contributed by atoms with Gasteiger partial charge in [0.05, 0.1) is 11.1 Å². The molecule has 0 radical (unpaired) electrons. The maximum atomic E-state index is 12.0. The molecule has 0 unspecified atom stereocenters. The lowest BCUT2D eigenvalue weighted by Crippen LogP contribution is -2.28. The zero-order valence-electron chi connectivity index (χ0n) is 13.5. The highest BCUT2D eigenvalue weighted by Gasteiger charge is 2.22. The quantitative estimate of drug-likeness (QED) is 0.684. The zero-order valence-corrected chi connectivity index (χ0v) is 15.0. The topological polar surface area (TPSA) is 62.2 Å². The predicted molar refractivity (Wildman–Crippen MR) is 100 cm³/mol. The fraction of sp³-hybridized carbons (Fsp3) is 0.158. The normalized spacial score (nSPS) is 12.1. The maximum absolute atomic E-state index is 12.0. The number of aromatic nitrogens is 1. The fourth-order valence-corrected chi connectivity index (χ4v) is 3.08. The van der Waals surface area contributed by atoms with Crippen molar-refractivity contribution in [2.45, 2.75) is 19.4 Å². The van der Waals surface area contributed by atoms with E-state index in [0.717, 1.165) is 5.56 Å². The molecule has 2 aromatic carbocycles. The van der Waals surface area contributed by atoms with Crippen LogP contribution in [0.5, 0.6) is 5.75 Å². The highest BCUT2D eigenvalue weighted by Crippen LogP contribution is 2.38. The number of carbonyl (C=O) groups is 1. The third-order valence-corrected chi connectivity index (χ3v) is 4.55. The summed E-state index contributed by atoms with van der Waals surface area (Å²) in [5, 5.41) is 15.4. The van der Waals surface area contributed by atoms with Crippen LogP contribution >= 0.6 is 23.2 Å². The molecule has 3 aromatic rings. The van der Waals surface area contributed by atoms with Crippen molar-refractivity contribution in [1.29, 1.82) is 0 Å². The van der Waals surface area contributed by atoms with E-state index in [9.17, 15) is 9.90 Å². The lowest BCUT2D eigenvalue weighted by Gasteiger charge is -2.22. The molecule has 1 heterocycles. The first kappa shape index (κ1) is 17.5. The summed E-state index contributed by atoms with van der Waals surface area (Å²) >= 11 is 12.3. The van der Waals surface area contributed by atoms with Gasteiger partial charge in [-0.05, 0) is 35.9 Å². The van der Waals surface area contributed by atoms with Crippen LogP contribution in [0.1, 0.15) is 30.5 Å². The van der Waals surface area contributed by atoms with Crippen LogP contribution in [0.15, 0.2) is 48.7 Å². The van der Waals surface area contributed by atoms with Crippen LogP contribution in [0.3, 0.4) is 0 Å². The second-order valence-electron chi connectivity index (χ2n) is 5.60. The van der Waals surface area contributed by atoms with Gasteiger partial charge in [0.2, 0.25) is 5.91 Å². The molecule has 1 atom stereocenters. The molecule has 1 aromatic heterocycles. The van der Waals surface area contributed by atoms with Gasteiger partial charge in [0.25, 0.3) is 0 Å². The molecule has 1 amide bonds. The van der Waals surface area contributed by atoms with Crippen LogP contribution in [0.2, 0.25) is 10.0 Å². The van der Waals surface area contributed by atoms with Gasteiger partial charge in [-0.2, -0.15) is 0 Å². The smallest absolute Gasteiger partial charge is 0.220 e. The molecule has 0 fully saturated rings. The Morgan fingerprint density at radius 1 is 1.24 bits per heavy atom. The molecule has 2 N–H and O–H groups in total. The third kappa shape index (κ3) is 3.55. The summed E-state index contributed by atoms with van der Waals surface area (Å²) in [6.45, 7) is 1.77. The van der Waals surface area contributed by atoms with Gasteiger partial charge in [-0.25, -0.2) is 0 Å². The van der Waals surface area contributed by atoms with Crippen LogP contribution in [-0.2, 0) is 4.79 Å². The summed E-state index contributed by atoms with van der Waals surface area (Å²) < 4.78 is 0. The van der Waals surface area contributed by atoms with Crippen LogP contribution in [0.25, 0.3) is 10.9 Å². The van der Waals surface area contributed by atoms with Crippen LogP contribution in [0, 0.1) is 0 Å². The Hall–Kier alpha value is -2.30. The molecule has 0 saturated carbocycles. The molecule has 0 aliphatic carbocycles. The summed E-state index contributed by atoms with van der Waals surface area (Å²) in [6, 6.07) is 11.7. The largest absolute Gasteiger partial charge is 0.505 e. The summed E-state index contributed by atoms with van der Waals surface area (Å²) in [7, 11) is 0. The maximum Gasteiger partial charge on any atom is 0.220 e. The Bertz CT molecular complexity index is 927. The minimum atomic E-state index is -0.561. The number of benzene rings is 2. The molecule has 0 aliphatic rings. The Kier molecular flexibility index (Phi) is 5.11. The van der Waals surface area contributed by atoms with Gasteiger partial charge in [-0.1, -0.05) is 42.3 Å². The molecule has 25 heavy (non-hydrogen) atoms. The van der Waals surface area contributed by atoms with E-state index in [2.05, 4.69) is 10.3 Å². The van der Waals surface area contributed by atoms with E-state index in [1.165, 1.54) is 0 Å². The average Bonchev–Trinajstić information content (AvgIpc) is 2.63. The summed E-state index contributed by atoms with van der Waals surface area (Å²) in [6.07, 6.45) is 1.91. The Morgan fingerprint density at radius 2 is 1.96 bits per heavy atom. The van der Waals surface area contributed by atoms with Crippen molar-refractivity contribution >= 4 is 40.0 Å². The van der Waals surface area contributed by atoms with Gasteiger partial charge in [0, 0.05) is 28.6 Å². The molecule has 0 saturated heterocycles. The van der Waals surface area contributed by atoms with Crippen molar-refractivity contribution in [1.82, 2.24) is 10.3 Å². The second-order valence-corrected chi connectivity index (χ2v) is 6.45. The number of fused-ring (bicyclic) bond motifs is 1. The van der Waals surface area contributed by atoms with Crippen molar-refractivity contribution in [2.24, 2.45) is 0 Å². The SMILES string of the molecule is CCC(=O)N[C@@H](c1ccc(Cl)cc1)c1cc(Cl)c2cccnc2c1O. The molecule has 128 valence electrons. The molecular weight excluding hydrogens is 359 g/mol. The fourth-order valence-electron chi connectivity index (χ4n) is 2.69. The first-order valence-electron chi connectivity index (χ1n) is 7.82.